The number of hydrogen-bond acceptors (Lipinski definition) is 5. The first-order chi connectivity index (χ1) is 9.46. The van der Waals surface area contributed by atoms with Crippen molar-refractivity contribution in [2.24, 2.45) is 5.92 Å². The Kier molecular flexibility index (Phi) is 4.33. The van der Waals surface area contributed by atoms with Crippen LogP contribution in [-0.4, -0.2) is 36.7 Å². The standard InChI is InChI=1S/C12H15N3O4S/c16-11(6-9-3-5-20(18,19)8-9)14-15-12(17)10-2-1-4-13-7-10/h1-2,4,7,9H,3,5-6,8H2,(H,14,16)(H,15,17). The summed E-state index contributed by atoms with van der Waals surface area (Å²) in [4.78, 5) is 27.0. The van der Waals surface area contributed by atoms with Crippen LogP contribution in [-0.2, 0) is 14.6 Å². The summed E-state index contributed by atoms with van der Waals surface area (Å²) >= 11 is 0. The molecule has 108 valence electrons. The van der Waals surface area contributed by atoms with Crippen LogP contribution in [0.1, 0.15) is 23.2 Å². The molecule has 0 bridgehead atoms. The summed E-state index contributed by atoms with van der Waals surface area (Å²) in [6, 6.07) is 3.18. The van der Waals surface area contributed by atoms with Gasteiger partial charge in [0.1, 0.15) is 0 Å². The van der Waals surface area contributed by atoms with Crippen molar-refractivity contribution in [1.82, 2.24) is 15.8 Å². The van der Waals surface area contributed by atoms with Crippen molar-refractivity contribution in [1.29, 1.82) is 0 Å². The second kappa shape index (κ2) is 6.00. The first-order valence-corrected chi connectivity index (χ1v) is 7.98. The minimum absolute atomic E-state index is 0.0387. The van der Waals surface area contributed by atoms with Crippen LogP contribution < -0.4 is 10.9 Å². The number of hydrogen-bond donors (Lipinski definition) is 2. The Morgan fingerprint density at radius 1 is 1.35 bits per heavy atom. The van der Waals surface area contributed by atoms with E-state index in [0.717, 1.165) is 0 Å². The number of aromatic nitrogens is 1. The molecular formula is C12H15N3O4S. The summed E-state index contributed by atoms with van der Waals surface area (Å²) in [6.07, 6.45) is 3.50. The third kappa shape index (κ3) is 4.02. The summed E-state index contributed by atoms with van der Waals surface area (Å²) in [7, 11) is -2.99. The van der Waals surface area contributed by atoms with E-state index in [2.05, 4.69) is 15.8 Å². The van der Waals surface area contributed by atoms with Crippen molar-refractivity contribution >= 4 is 21.7 Å². The Morgan fingerprint density at radius 3 is 2.75 bits per heavy atom. The maximum absolute atomic E-state index is 11.6. The average molecular weight is 297 g/mol. The predicted molar refractivity (Wildman–Crippen MR) is 71.2 cm³/mol. The van der Waals surface area contributed by atoms with E-state index in [1.165, 1.54) is 12.4 Å². The smallest absolute Gasteiger partial charge is 0.271 e. The topological polar surface area (TPSA) is 105 Å². The highest BCUT2D eigenvalue weighted by atomic mass is 32.2. The molecule has 0 aromatic carbocycles. The van der Waals surface area contributed by atoms with Crippen LogP contribution in [0.2, 0.25) is 0 Å². The molecular weight excluding hydrogens is 282 g/mol. The summed E-state index contributed by atoms with van der Waals surface area (Å²) in [5.41, 5.74) is 4.87. The van der Waals surface area contributed by atoms with Crippen LogP contribution in [0, 0.1) is 5.92 Å². The zero-order chi connectivity index (χ0) is 14.6. The Bertz CT molecular complexity index is 600. The number of carbonyl (C=O) groups excluding carboxylic acids is 2. The number of rotatable bonds is 3. The van der Waals surface area contributed by atoms with E-state index in [0.29, 0.717) is 12.0 Å². The van der Waals surface area contributed by atoms with Gasteiger partial charge in [-0.2, -0.15) is 0 Å². The molecule has 1 saturated heterocycles. The first-order valence-electron chi connectivity index (χ1n) is 6.16. The molecule has 2 heterocycles. The predicted octanol–water partition coefficient (Wildman–Crippen LogP) is -0.333. The molecule has 8 heteroatoms. The Labute approximate surface area is 116 Å². The maximum atomic E-state index is 11.6. The Hall–Kier alpha value is -1.96. The lowest BCUT2D eigenvalue weighted by Gasteiger charge is -2.09. The molecule has 0 spiro atoms. The SMILES string of the molecule is O=C(CC1CCS(=O)(=O)C1)NNC(=O)c1cccnc1. The lowest BCUT2D eigenvalue weighted by molar-refractivity contribution is -0.122. The summed E-state index contributed by atoms with van der Waals surface area (Å²) in [6.45, 7) is 0. The second-order valence-corrected chi connectivity index (χ2v) is 6.95. The van der Waals surface area contributed by atoms with Gasteiger partial charge in [-0.1, -0.05) is 0 Å². The van der Waals surface area contributed by atoms with Crippen LogP contribution in [0.3, 0.4) is 0 Å². The molecule has 0 aliphatic carbocycles. The number of nitrogens with zero attached hydrogens (tertiary/aromatic N) is 1. The molecule has 1 aliphatic rings. The normalized spacial score (nSPS) is 20.3. The molecule has 1 atom stereocenters. The maximum Gasteiger partial charge on any atom is 0.271 e. The molecule has 1 fully saturated rings. The van der Waals surface area contributed by atoms with Crippen molar-refractivity contribution in [2.75, 3.05) is 11.5 Å². The van der Waals surface area contributed by atoms with Gasteiger partial charge in [0.05, 0.1) is 17.1 Å². The van der Waals surface area contributed by atoms with Crippen LogP contribution in [0.25, 0.3) is 0 Å². The number of carbonyl (C=O) groups is 2. The van der Waals surface area contributed by atoms with Gasteiger partial charge >= 0.3 is 0 Å². The monoisotopic (exact) mass is 297 g/mol. The van der Waals surface area contributed by atoms with E-state index in [1.54, 1.807) is 12.1 Å². The minimum atomic E-state index is -2.99. The van der Waals surface area contributed by atoms with E-state index in [1.807, 2.05) is 0 Å². The Morgan fingerprint density at radius 2 is 2.15 bits per heavy atom. The summed E-state index contributed by atoms with van der Waals surface area (Å²) in [5.74, 6) is -0.866. The molecule has 0 radical (unpaired) electrons. The molecule has 2 rings (SSSR count). The third-order valence-corrected chi connectivity index (χ3v) is 4.88. The van der Waals surface area contributed by atoms with Gasteiger partial charge in [0.15, 0.2) is 9.84 Å². The fourth-order valence-electron chi connectivity index (χ4n) is 2.04. The number of hydrazine groups is 1. The van der Waals surface area contributed by atoms with Gasteiger partial charge in [0, 0.05) is 18.8 Å². The van der Waals surface area contributed by atoms with E-state index in [9.17, 15) is 18.0 Å². The van der Waals surface area contributed by atoms with Gasteiger partial charge in [-0.05, 0) is 24.5 Å². The molecule has 7 nitrogen and oxygen atoms in total. The Balaban J connectivity index is 1.77. The van der Waals surface area contributed by atoms with Crippen molar-refractivity contribution in [3.8, 4) is 0 Å². The molecule has 1 aromatic heterocycles. The van der Waals surface area contributed by atoms with E-state index >= 15 is 0 Å². The average Bonchev–Trinajstić information content (AvgIpc) is 2.76. The van der Waals surface area contributed by atoms with Gasteiger partial charge in [0.2, 0.25) is 5.91 Å². The molecule has 1 aliphatic heterocycles. The van der Waals surface area contributed by atoms with E-state index < -0.39 is 21.7 Å². The zero-order valence-corrected chi connectivity index (χ0v) is 11.5. The quantitative estimate of drug-likeness (QED) is 0.743. The van der Waals surface area contributed by atoms with Crippen molar-refractivity contribution in [2.45, 2.75) is 12.8 Å². The lowest BCUT2D eigenvalue weighted by atomic mass is 10.1. The van der Waals surface area contributed by atoms with Gasteiger partial charge < -0.3 is 0 Å². The molecule has 2 amide bonds. The zero-order valence-electron chi connectivity index (χ0n) is 10.7. The molecule has 1 unspecified atom stereocenters. The number of nitrogens with one attached hydrogen (secondary N) is 2. The van der Waals surface area contributed by atoms with Gasteiger partial charge in [0.25, 0.3) is 5.91 Å². The van der Waals surface area contributed by atoms with Crippen LogP contribution in [0.15, 0.2) is 24.5 Å². The largest absolute Gasteiger partial charge is 0.273 e. The highest BCUT2D eigenvalue weighted by Crippen LogP contribution is 2.21. The minimum Gasteiger partial charge on any atom is -0.273 e. The summed E-state index contributed by atoms with van der Waals surface area (Å²) in [5, 5.41) is 0. The van der Waals surface area contributed by atoms with E-state index in [-0.39, 0.29) is 23.8 Å². The van der Waals surface area contributed by atoms with E-state index in [4.69, 9.17) is 0 Å². The molecule has 2 N–H and O–H groups in total. The van der Waals surface area contributed by atoms with Crippen LogP contribution in [0.5, 0.6) is 0 Å². The fourth-order valence-corrected chi connectivity index (χ4v) is 3.90. The van der Waals surface area contributed by atoms with Crippen LogP contribution in [0.4, 0.5) is 0 Å². The lowest BCUT2D eigenvalue weighted by Crippen LogP contribution is -2.42. The van der Waals surface area contributed by atoms with Crippen molar-refractivity contribution < 1.29 is 18.0 Å². The first kappa shape index (κ1) is 14.4. The van der Waals surface area contributed by atoms with Gasteiger partial charge in [-0.15, -0.1) is 0 Å². The van der Waals surface area contributed by atoms with Crippen molar-refractivity contribution in [3.05, 3.63) is 30.1 Å². The molecule has 20 heavy (non-hydrogen) atoms. The number of sulfone groups is 1. The van der Waals surface area contributed by atoms with Crippen molar-refractivity contribution in [3.63, 3.8) is 0 Å². The summed E-state index contributed by atoms with van der Waals surface area (Å²) < 4.78 is 22.5. The van der Waals surface area contributed by atoms with Gasteiger partial charge in [-0.3, -0.25) is 25.4 Å². The van der Waals surface area contributed by atoms with Gasteiger partial charge in [-0.25, -0.2) is 8.42 Å². The number of pyridine rings is 1. The highest BCUT2D eigenvalue weighted by molar-refractivity contribution is 7.91. The van der Waals surface area contributed by atoms with Crippen LogP contribution >= 0.6 is 0 Å². The fraction of sp³-hybridized carbons (Fsp3) is 0.417. The number of amides is 2. The highest BCUT2D eigenvalue weighted by Gasteiger charge is 2.29. The second-order valence-electron chi connectivity index (χ2n) is 4.72. The molecule has 1 aromatic rings. The third-order valence-electron chi connectivity index (χ3n) is 3.04. The molecule has 0 saturated carbocycles.